The molecule has 3 aromatic rings. The lowest BCUT2D eigenvalue weighted by molar-refractivity contribution is 0.628. The molecule has 22 heavy (non-hydrogen) atoms. The van der Waals surface area contributed by atoms with Crippen LogP contribution in [-0.4, -0.2) is 14.8 Å². The van der Waals surface area contributed by atoms with Crippen molar-refractivity contribution in [1.29, 1.82) is 0 Å². The highest BCUT2D eigenvalue weighted by molar-refractivity contribution is 7.12. The van der Waals surface area contributed by atoms with Crippen LogP contribution < -0.4 is 5.69 Å². The molecule has 0 radical (unpaired) electrons. The first-order chi connectivity index (χ1) is 10.2. The number of aromatic nitrogens is 3. The summed E-state index contributed by atoms with van der Waals surface area (Å²) < 4.78 is 14.3. The first-order valence-corrected chi connectivity index (χ1v) is 7.14. The SMILES string of the molecule is Cl.O=c1[nH]ncn1Cc1ccc(/C=C/c2ccc(F)cc2)s1. The van der Waals surface area contributed by atoms with Gasteiger partial charge >= 0.3 is 5.69 Å². The van der Waals surface area contributed by atoms with Gasteiger partial charge < -0.3 is 0 Å². The van der Waals surface area contributed by atoms with Crippen molar-refractivity contribution in [3.05, 3.63) is 74.3 Å². The summed E-state index contributed by atoms with van der Waals surface area (Å²) in [5.74, 6) is -0.240. The van der Waals surface area contributed by atoms with Gasteiger partial charge in [-0.25, -0.2) is 14.3 Å². The molecule has 0 aliphatic rings. The van der Waals surface area contributed by atoms with E-state index in [9.17, 15) is 9.18 Å². The Balaban J connectivity index is 0.00000176. The molecule has 0 amide bonds. The summed E-state index contributed by atoms with van der Waals surface area (Å²) in [6.07, 6.45) is 5.38. The van der Waals surface area contributed by atoms with Crippen LogP contribution in [0.3, 0.4) is 0 Å². The third kappa shape index (κ3) is 3.93. The van der Waals surface area contributed by atoms with Crippen molar-refractivity contribution >= 4 is 35.9 Å². The molecule has 0 bridgehead atoms. The fourth-order valence-electron chi connectivity index (χ4n) is 1.87. The number of hydrogen-bond donors (Lipinski definition) is 1. The summed E-state index contributed by atoms with van der Waals surface area (Å²) in [4.78, 5) is 13.5. The van der Waals surface area contributed by atoms with Crippen LogP contribution in [0.1, 0.15) is 15.3 Å². The highest BCUT2D eigenvalue weighted by Crippen LogP contribution is 2.19. The zero-order valence-electron chi connectivity index (χ0n) is 11.4. The normalized spacial score (nSPS) is 10.8. The number of H-pyrrole nitrogens is 1. The van der Waals surface area contributed by atoms with Gasteiger partial charge in [-0.3, -0.25) is 4.57 Å². The Bertz CT molecular complexity index is 820. The van der Waals surface area contributed by atoms with E-state index < -0.39 is 0 Å². The molecule has 3 rings (SSSR count). The maximum Gasteiger partial charge on any atom is 0.343 e. The molecule has 0 atom stereocenters. The van der Waals surface area contributed by atoms with Crippen molar-refractivity contribution < 1.29 is 4.39 Å². The first-order valence-electron chi connectivity index (χ1n) is 6.33. The molecule has 114 valence electrons. The predicted octanol–water partition coefficient (Wildman–Crippen LogP) is 3.41. The number of nitrogens with one attached hydrogen (secondary N) is 1. The molecule has 1 N–H and O–H groups in total. The minimum Gasteiger partial charge on any atom is -0.276 e. The fraction of sp³-hybridized carbons (Fsp3) is 0.0667. The molecule has 1 aromatic carbocycles. The van der Waals surface area contributed by atoms with E-state index in [2.05, 4.69) is 10.2 Å². The van der Waals surface area contributed by atoms with Crippen molar-refractivity contribution in [2.45, 2.75) is 6.54 Å². The standard InChI is InChI=1S/C15H12FN3OS.ClH/c16-12-4-1-11(2-5-12)3-6-13-7-8-14(21-13)9-19-10-17-18-15(19)20;/h1-8,10H,9H2,(H,18,20);1H/b6-3+;. The van der Waals surface area contributed by atoms with E-state index in [0.29, 0.717) is 6.54 Å². The minimum atomic E-state index is -0.240. The summed E-state index contributed by atoms with van der Waals surface area (Å²) >= 11 is 1.60. The summed E-state index contributed by atoms with van der Waals surface area (Å²) in [7, 11) is 0. The van der Waals surface area contributed by atoms with E-state index in [1.165, 1.54) is 23.0 Å². The number of halogens is 2. The van der Waals surface area contributed by atoms with Crippen LogP contribution >= 0.6 is 23.7 Å². The number of hydrogen-bond acceptors (Lipinski definition) is 3. The third-order valence-electron chi connectivity index (χ3n) is 2.94. The van der Waals surface area contributed by atoms with Crippen LogP contribution in [0.2, 0.25) is 0 Å². The number of benzene rings is 1. The van der Waals surface area contributed by atoms with E-state index in [0.717, 1.165) is 15.3 Å². The molecule has 7 heteroatoms. The van der Waals surface area contributed by atoms with E-state index in [4.69, 9.17) is 0 Å². The molecular formula is C15H13ClFN3OS. The third-order valence-corrected chi connectivity index (χ3v) is 3.97. The highest BCUT2D eigenvalue weighted by Gasteiger charge is 2.02. The Hall–Kier alpha value is -2.18. The largest absolute Gasteiger partial charge is 0.343 e. The van der Waals surface area contributed by atoms with Crippen LogP contribution in [0.5, 0.6) is 0 Å². The molecule has 0 aliphatic carbocycles. The lowest BCUT2D eigenvalue weighted by Gasteiger charge is -1.95. The van der Waals surface area contributed by atoms with Crippen LogP contribution in [0.15, 0.2) is 47.5 Å². The maximum atomic E-state index is 12.8. The topological polar surface area (TPSA) is 50.7 Å². The molecule has 0 saturated heterocycles. The van der Waals surface area contributed by atoms with Crippen molar-refractivity contribution in [2.75, 3.05) is 0 Å². The average molecular weight is 338 g/mol. The molecular weight excluding hydrogens is 325 g/mol. The van der Waals surface area contributed by atoms with E-state index in [1.54, 1.807) is 23.5 Å². The van der Waals surface area contributed by atoms with Crippen LogP contribution in [-0.2, 0) is 6.54 Å². The molecule has 0 aliphatic heterocycles. The van der Waals surface area contributed by atoms with Gasteiger partial charge in [0.05, 0.1) is 6.54 Å². The van der Waals surface area contributed by atoms with Crippen molar-refractivity contribution in [3.8, 4) is 0 Å². The van der Waals surface area contributed by atoms with Gasteiger partial charge in [0, 0.05) is 9.75 Å². The monoisotopic (exact) mass is 337 g/mol. The van der Waals surface area contributed by atoms with Gasteiger partial charge in [0.25, 0.3) is 0 Å². The van der Waals surface area contributed by atoms with E-state index in [1.807, 2.05) is 24.3 Å². The number of rotatable bonds is 4. The molecule has 0 unspecified atom stereocenters. The zero-order chi connectivity index (χ0) is 14.7. The van der Waals surface area contributed by atoms with Gasteiger partial charge in [-0.15, -0.1) is 23.7 Å². The predicted molar refractivity (Wildman–Crippen MR) is 88.8 cm³/mol. The summed E-state index contributed by atoms with van der Waals surface area (Å²) in [5.41, 5.74) is 0.726. The zero-order valence-corrected chi connectivity index (χ0v) is 13.0. The second kappa shape index (κ2) is 7.20. The summed E-state index contributed by atoms with van der Waals surface area (Å²) in [6.45, 7) is 0.504. The van der Waals surface area contributed by atoms with Crippen molar-refractivity contribution in [1.82, 2.24) is 14.8 Å². The molecule has 2 heterocycles. The quantitative estimate of drug-likeness (QED) is 0.793. The van der Waals surface area contributed by atoms with Crippen LogP contribution in [0.4, 0.5) is 4.39 Å². The molecule has 4 nitrogen and oxygen atoms in total. The fourth-order valence-corrected chi connectivity index (χ4v) is 2.79. The van der Waals surface area contributed by atoms with Gasteiger partial charge in [-0.1, -0.05) is 18.2 Å². The van der Waals surface area contributed by atoms with Gasteiger partial charge in [0.15, 0.2) is 0 Å². The van der Waals surface area contributed by atoms with Crippen LogP contribution in [0, 0.1) is 5.82 Å². The van der Waals surface area contributed by atoms with Gasteiger partial charge in [-0.05, 0) is 35.9 Å². The lowest BCUT2D eigenvalue weighted by Crippen LogP contribution is -2.16. The molecule has 0 saturated carbocycles. The number of thiophene rings is 1. The number of aromatic amines is 1. The second-order valence-electron chi connectivity index (χ2n) is 4.48. The Kier molecular flexibility index (Phi) is 5.30. The minimum absolute atomic E-state index is 0. The highest BCUT2D eigenvalue weighted by atomic mass is 35.5. The van der Waals surface area contributed by atoms with E-state index in [-0.39, 0.29) is 23.9 Å². The van der Waals surface area contributed by atoms with Gasteiger partial charge in [-0.2, -0.15) is 5.10 Å². The average Bonchev–Trinajstić information content (AvgIpc) is 3.09. The molecule has 0 spiro atoms. The number of nitrogens with zero attached hydrogens (tertiary/aromatic N) is 2. The summed E-state index contributed by atoms with van der Waals surface area (Å²) in [5, 5.41) is 6.06. The maximum absolute atomic E-state index is 12.8. The van der Waals surface area contributed by atoms with Gasteiger partial charge in [0.2, 0.25) is 0 Å². The second-order valence-corrected chi connectivity index (χ2v) is 5.68. The van der Waals surface area contributed by atoms with E-state index >= 15 is 0 Å². The molecule has 0 fully saturated rings. The Morgan fingerprint density at radius 3 is 2.64 bits per heavy atom. The Morgan fingerprint density at radius 1 is 1.18 bits per heavy atom. The van der Waals surface area contributed by atoms with Gasteiger partial charge in [0.1, 0.15) is 12.1 Å². The van der Waals surface area contributed by atoms with Crippen molar-refractivity contribution in [3.63, 3.8) is 0 Å². The Labute approximate surface area is 136 Å². The smallest absolute Gasteiger partial charge is 0.276 e. The molecule has 2 aromatic heterocycles. The van der Waals surface area contributed by atoms with Crippen molar-refractivity contribution in [2.24, 2.45) is 0 Å². The summed E-state index contributed by atoms with van der Waals surface area (Å²) in [6, 6.07) is 10.3. The first kappa shape index (κ1) is 16.2. The van der Waals surface area contributed by atoms with Crippen LogP contribution in [0.25, 0.3) is 12.2 Å². The lowest BCUT2D eigenvalue weighted by atomic mass is 10.2. The Morgan fingerprint density at radius 2 is 1.95 bits per heavy atom.